The van der Waals surface area contributed by atoms with Gasteiger partial charge in [0.2, 0.25) is 0 Å². The normalized spacial score (nSPS) is 10.1. The predicted octanol–water partition coefficient (Wildman–Crippen LogP) is 9.76. The molecule has 6 heteroatoms. The quantitative estimate of drug-likeness (QED) is 0.0570. The second-order valence-electron chi connectivity index (χ2n) is 12.0. The summed E-state index contributed by atoms with van der Waals surface area (Å²) >= 11 is 0. The Morgan fingerprint density at radius 2 is 0.868 bits per heavy atom. The highest BCUT2D eigenvalue weighted by Gasteiger charge is 2.18. The van der Waals surface area contributed by atoms with E-state index < -0.39 is 5.97 Å². The summed E-state index contributed by atoms with van der Waals surface area (Å²) in [5, 5.41) is 10.3. The van der Waals surface area contributed by atoms with Crippen LogP contribution in [0, 0.1) is 23.7 Å². The molecule has 5 aromatic carbocycles. The van der Waals surface area contributed by atoms with Crippen LogP contribution in [-0.4, -0.2) is 36.2 Å². The Labute approximate surface area is 310 Å². The molecule has 0 fully saturated rings. The lowest BCUT2D eigenvalue weighted by Gasteiger charge is -2.12. The van der Waals surface area contributed by atoms with Gasteiger partial charge < -0.3 is 14.6 Å². The highest BCUT2D eigenvalue weighted by Crippen LogP contribution is 2.33. The zero-order valence-corrected chi connectivity index (χ0v) is 29.3. The monoisotopic (exact) mass is 698 g/mol. The van der Waals surface area contributed by atoms with Crippen molar-refractivity contribution in [3.8, 4) is 45.9 Å². The summed E-state index contributed by atoms with van der Waals surface area (Å²) in [7, 11) is 0. The van der Waals surface area contributed by atoms with Crippen LogP contribution in [-0.2, 0) is 9.47 Å². The Balaban J connectivity index is 1.25. The van der Waals surface area contributed by atoms with Crippen molar-refractivity contribution >= 4 is 17.9 Å². The molecule has 0 saturated carbocycles. The van der Waals surface area contributed by atoms with Gasteiger partial charge in [-0.25, -0.2) is 14.4 Å². The van der Waals surface area contributed by atoms with Crippen LogP contribution < -0.4 is 0 Å². The van der Waals surface area contributed by atoms with Gasteiger partial charge in [-0.1, -0.05) is 78.3 Å². The summed E-state index contributed by atoms with van der Waals surface area (Å²) < 4.78 is 10.5. The Morgan fingerprint density at radius 3 is 1.19 bits per heavy atom. The second-order valence-corrected chi connectivity index (χ2v) is 12.0. The zero-order chi connectivity index (χ0) is 37.4. The Hall–Kier alpha value is -6.89. The summed E-state index contributed by atoms with van der Waals surface area (Å²) in [6.07, 6.45) is 6.65. The average molecular weight is 699 g/mol. The SMILES string of the molecule is C=CCCCOC(=O)c1ccc(C#Cc2ccc(-c3cccc(-c4ccc(C#Cc5ccc(C(=O)OCCCC=C)cc5)cc4)c3C(=O)O)cc2)cc1. The maximum absolute atomic E-state index is 12.6. The molecule has 0 aromatic heterocycles. The van der Waals surface area contributed by atoms with Crippen molar-refractivity contribution in [2.24, 2.45) is 0 Å². The molecule has 0 aliphatic heterocycles. The van der Waals surface area contributed by atoms with Gasteiger partial charge in [0.05, 0.1) is 29.9 Å². The fourth-order valence-electron chi connectivity index (χ4n) is 5.35. The van der Waals surface area contributed by atoms with Crippen LogP contribution in [0.5, 0.6) is 0 Å². The third-order valence-corrected chi connectivity index (χ3v) is 8.19. The topological polar surface area (TPSA) is 89.9 Å². The standard InChI is InChI=1S/C47H38O6/c1-3-5-7-32-52-46(50)40-28-20-36(21-29-40)14-12-34-16-24-38(25-17-34)42-10-9-11-43(44(42)45(48)49)39-26-18-35(19-27-39)13-15-37-22-30-41(31-23-37)47(51)53-33-8-6-4-2/h3-4,9-11,16-31H,1-2,5-8,32-33H2,(H,48,49). The summed E-state index contributed by atoms with van der Waals surface area (Å²) in [4.78, 5) is 37.0. The van der Waals surface area contributed by atoms with E-state index in [1.807, 2.05) is 54.6 Å². The van der Waals surface area contributed by atoms with Crippen LogP contribution in [0.1, 0.15) is 79.0 Å². The highest BCUT2D eigenvalue weighted by atomic mass is 16.5. The molecular weight excluding hydrogens is 661 g/mol. The van der Waals surface area contributed by atoms with E-state index in [2.05, 4.69) is 36.8 Å². The predicted molar refractivity (Wildman–Crippen MR) is 209 cm³/mol. The van der Waals surface area contributed by atoms with Crippen LogP contribution >= 0.6 is 0 Å². The molecule has 0 bridgehead atoms. The van der Waals surface area contributed by atoms with Crippen molar-refractivity contribution in [2.45, 2.75) is 25.7 Å². The lowest BCUT2D eigenvalue weighted by molar-refractivity contribution is 0.0492. The number of carbonyl (C=O) groups is 3. The maximum Gasteiger partial charge on any atom is 0.338 e. The van der Waals surface area contributed by atoms with E-state index >= 15 is 0 Å². The molecule has 0 aliphatic carbocycles. The third kappa shape index (κ3) is 10.6. The minimum Gasteiger partial charge on any atom is -0.478 e. The number of allylic oxidation sites excluding steroid dienone is 2. The van der Waals surface area contributed by atoms with E-state index in [1.54, 1.807) is 72.8 Å². The zero-order valence-electron chi connectivity index (χ0n) is 29.3. The first kappa shape index (κ1) is 37.4. The van der Waals surface area contributed by atoms with E-state index in [0.717, 1.165) is 59.1 Å². The summed E-state index contributed by atoms with van der Waals surface area (Å²) in [6.45, 7) is 8.02. The molecule has 0 heterocycles. The van der Waals surface area contributed by atoms with E-state index in [9.17, 15) is 19.5 Å². The van der Waals surface area contributed by atoms with E-state index in [1.165, 1.54) is 0 Å². The van der Waals surface area contributed by atoms with Crippen molar-refractivity contribution in [3.63, 3.8) is 0 Å². The summed E-state index contributed by atoms with van der Waals surface area (Å²) in [5.41, 5.74) is 6.84. The Bertz CT molecular complexity index is 2050. The van der Waals surface area contributed by atoms with Gasteiger partial charge in [0.1, 0.15) is 0 Å². The average Bonchev–Trinajstić information content (AvgIpc) is 3.20. The molecule has 0 atom stereocenters. The number of hydrogen-bond acceptors (Lipinski definition) is 5. The smallest absolute Gasteiger partial charge is 0.338 e. The number of hydrogen-bond donors (Lipinski definition) is 1. The summed E-state index contributed by atoms with van der Waals surface area (Å²) in [6, 6.07) is 34.2. The van der Waals surface area contributed by atoms with Crippen LogP contribution in [0.4, 0.5) is 0 Å². The van der Waals surface area contributed by atoms with Gasteiger partial charge in [-0.3, -0.25) is 0 Å². The molecule has 0 spiro atoms. The second kappa shape index (κ2) is 18.9. The highest BCUT2D eigenvalue weighted by molar-refractivity contribution is 6.03. The number of ether oxygens (including phenoxy) is 2. The minimum atomic E-state index is -1.03. The van der Waals surface area contributed by atoms with Crippen molar-refractivity contribution in [1.82, 2.24) is 0 Å². The van der Waals surface area contributed by atoms with E-state index in [4.69, 9.17) is 9.47 Å². The van der Waals surface area contributed by atoms with Crippen molar-refractivity contribution < 1.29 is 29.0 Å². The number of carboxylic acid groups (broad SMARTS) is 1. The molecule has 0 unspecified atom stereocenters. The van der Waals surface area contributed by atoms with Crippen LogP contribution in [0.3, 0.4) is 0 Å². The lowest BCUT2D eigenvalue weighted by atomic mass is 9.91. The molecule has 0 saturated heterocycles. The van der Waals surface area contributed by atoms with E-state index in [-0.39, 0.29) is 17.5 Å². The molecular formula is C47H38O6. The fourth-order valence-corrected chi connectivity index (χ4v) is 5.35. The van der Waals surface area contributed by atoms with Crippen LogP contribution in [0.2, 0.25) is 0 Å². The molecule has 262 valence electrons. The van der Waals surface area contributed by atoms with E-state index in [0.29, 0.717) is 35.5 Å². The molecule has 1 N–H and O–H groups in total. The minimum absolute atomic E-state index is 0.198. The largest absolute Gasteiger partial charge is 0.478 e. The maximum atomic E-state index is 12.6. The van der Waals surface area contributed by atoms with Crippen molar-refractivity contribution in [2.75, 3.05) is 13.2 Å². The van der Waals surface area contributed by atoms with Crippen LogP contribution in [0.15, 0.2) is 141 Å². The molecule has 53 heavy (non-hydrogen) atoms. The number of aromatic carboxylic acids is 1. The molecule has 6 nitrogen and oxygen atoms in total. The molecule has 5 aromatic rings. The van der Waals surface area contributed by atoms with Gasteiger partial charge in [0.25, 0.3) is 0 Å². The number of carbonyl (C=O) groups excluding carboxylic acids is 2. The number of carboxylic acids is 1. The molecule has 0 radical (unpaired) electrons. The first-order valence-corrected chi connectivity index (χ1v) is 17.2. The van der Waals surface area contributed by atoms with Gasteiger partial charge in [-0.05, 0) is 121 Å². The first-order valence-electron chi connectivity index (χ1n) is 17.2. The third-order valence-electron chi connectivity index (χ3n) is 8.19. The van der Waals surface area contributed by atoms with Gasteiger partial charge in [-0.2, -0.15) is 0 Å². The van der Waals surface area contributed by atoms with Gasteiger partial charge in [0.15, 0.2) is 0 Å². The number of rotatable bonds is 13. The Kier molecular flexibility index (Phi) is 13.3. The van der Waals surface area contributed by atoms with Gasteiger partial charge >= 0.3 is 17.9 Å². The lowest BCUT2D eigenvalue weighted by Crippen LogP contribution is -2.06. The van der Waals surface area contributed by atoms with Crippen molar-refractivity contribution in [3.05, 3.63) is 180 Å². The fraction of sp³-hybridized carbons (Fsp3) is 0.128. The van der Waals surface area contributed by atoms with Gasteiger partial charge in [-0.15, -0.1) is 13.2 Å². The van der Waals surface area contributed by atoms with Crippen LogP contribution in [0.25, 0.3) is 22.3 Å². The van der Waals surface area contributed by atoms with Crippen molar-refractivity contribution in [1.29, 1.82) is 0 Å². The number of unbranched alkanes of at least 4 members (excludes halogenated alkanes) is 2. The van der Waals surface area contributed by atoms with Gasteiger partial charge in [0, 0.05) is 22.3 Å². The Morgan fingerprint density at radius 1 is 0.528 bits per heavy atom. The molecule has 0 aliphatic rings. The number of benzene rings is 5. The molecule has 0 amide bonds. The first-order chi connectivity index (χ1) is 25.9. The molecule has 5 rings (SSSR count). The summed E-state index contributed by atoms with van der Waals surface area (Å²) in [5.74, 6) is 10.7. The number of esters is 2.